The van der Waals surface area contributed by atoms with Crippen molar-refractivity contribution >= 4 is 13.9 Å². The second-order valence-corrected chi connectivity index (χ2v) is 1.74. The van der Waals surface area contributed by atoms with E-state index in [0.717, 1.165) is 0 Å². The number of carbonyl (C=O) groups excluding carboxylic acids is 1. The molecule has 0 fully saturated rings. The van der Waals surface area contributed by atoms with Gasteiger partial charge in [0.1, 0.15) is 0 Å². The highest BCUT2D eigenvalue weighted by Gasteiger charge is 1.99. The third-order valence-electron chi connectivity index (χ3n) is 0.792. The van der Waals surface area contributed by atoms with Crippen molar-refractivity contribution in [2.45, 2.75) is 19.4 Å². The van der Waals surface area contributed by atoms with Gasteiger partial charge in [-0.05, 0) is 0 Å². The van der Waals surface area contributed by atoms with Crippen LogP contribution in [0, 0.1) is 0 Å². The van der Waals surface area contributed by atoms with Crippen molar-refractivity contribution in [1.29, 1.82) is 0 Å². The first-order valence-electron chi connectivity index (χ1n) is 2.41. The van der Waals surface area contributed by atoms with Crippen LogP contribution in [0.1, 0.15) is 13.3 Å². The van der Waals surface area contributed by atoms with Crippen molar-refractivity contribution in [2.24, 2.45) is 5.73 Å². The van der Waals surface area contributed by atoms with Gasteiger partial charge in [0.05, 0.1) is 0 Å². The zero-order valence-electron chi connectivity index (χ0n) is 4.85. The first-order valence-corrected chi connectivity index (χ1v) is 2.41. The Kier molecular flexibility index (Phi) is 3.27. The summed E-state index contributed by atoms with van der Waals surface area (Å²) in [6.45, 7) is 1.78. The van der Waals surface area contributed by atoms with E-state index in [2.05, 4.69) is 5.23 Å². The minimum atomic E-state index is -0.338. The fraction of sp³-hybridized carbons (Fsp3) is 0.750. The van der Waals surface area contributed by atoms with Crippen LogP contribution in [-0.4, -0.2) is 19.9 Å². The molecule has 0 heterocycles. The summed E-state index contributed by atoms with van der Waals surface area (Å²) in [5.41, 5.74) is 4.83. The Hall–Kier alpha value is -0.505. The van der Waals surface area contributed by atoms with Crippen LogP contribution < -0.4 is 11.0 Å². The molecule has 0 spiro atoms. The van der Waals surface area contributed by atoms with E-state index in [-0.39, 0.29) is 18.4 Å². The predicted molar refractivity (Wildman–Crippen MR) is 32.2 cm³/mol. The molecule has 1 unspecified atom stereocenters. The minimum absolute atomic E-state index is 0.0208. The first kappa shape index (κ1) is 7.49. The number of hydrogen-bond acceptors (Lipinski definition) is 2. The number of nitrogens with two attached hydrogens (primary N) is 1. The van der Waals surface area contributed by atoms with E-state index in [9.17, 15) is 4.79 Å². The zero-order chi connectivity index (χ0) is 6.57. The fourth-order valence-corrected chi connectivity index (χ4v) is 0.361. The van der Waals surface area contributed by atoms with Crippen LogP contribution in [0.4, 0.5) is 0 Å². The molecule has 0 saturated carbocycles. The third-order valence-corrected chi connectivity index (χ3v) is 0.792. The standard InChI is InChI=1S/C4H9BN2O/c1-3(7-5)2-4(6)8/h3,7H,2H2,1H3,(H2,6,8). The topological polar surface area (TPSA) is 55.1 Å². The average molecular weight is 112 g/mol. The number of hydrogen-bond donors (Lipinski definition) is 2. The summed E-state index contributed by atoms with van der Waals surface area (Å²) >= 11 is 0. The van der Waals surface area contributed by atoms with Crippen molar-refractivity contribution in [1.82, 2.24) is 5.23 Å². The van der Waals surface area contributed by atoms with Crippen molar-refractivity contribution in [2.75, 3.05) is 0 Å². The largest absolute Gasteiger partial charge is 0.370 e. The quantitative estimate of drug-likeness (QED) is 0.456. The van der Waals surface area contributed by atoms with Crippen LogP contribution in [0.3, 0.4) is 0 Å². The molecule has 0 bridgehead atoms. The number of amides is 1. The number of rotatable bonds is 3. The lowest BCUT2D eigenvalue weighted by atomic mass is 10.2. The minimum Gasteiger partial charge on any atom is -0.370 e. The monoisotopic (exact) mass is 112 g/mol. The van der Waals surface area contributed by atoms with Crippen LogP contribution in [0.5, 0.6) is 0 Å². The number of primary amides is 1. The maximum atomic E-state index is 10.1. The van der Waals surface area contributed by atoms with Crippen LogP contribution >= 0.6 is 0 Å². The van der Waals surface area contributed by atoms with Crippen LogP contribution in [-0.2, 0) is 4.79 Å². The van der Waals surface area contributed by atoms with Gasteiger partial charge in [-0.15, -0.1) is 0 Å². The first-order chi connectivity index (χ1) is 3.66. The van der Waals surface area contributed by atoms with Crippen molar-refractivity contribution < 1.29 is 4.79 Å². The summed E-state index contributed by atoms with van der Waals surface area (Å²) in [6, 6.07) is -0.0208. The Labute approximate surface area is 50.1 Å². The van der Waals surface area contributed by atoms with Gasteiger partial charge in [-0.3, -0.25) is 4.79 Å². The lowest BCUT2D eigenvalue weighted by molar-refractivity contribution is -0.118. The summed E-state index contributed by atoms with van der Waals surface area (Å²) in [5.74, 6) is -0.338. The molecule has 8 heavy (non-hydrogen) atoms. The second kappa shape index (κ2) is 3.49. The smallest absolute Gasteiger partial charge is 0.218 e. The van der Waals surface area contributed by atoms with E-state index in [1.165, 1.54) is 0 Å². The maximum Gasteiger partial charge on any atom is 0.218 e. The van der Waals surface area contributed by atoms with E-state index in [4.69, 9.17) is 13.7 Å². The molecule has 3 nitrogen and oxygen atoms in total. The van der Waals surface area contributed by atoms with Gasteiger partial charge in [0.15, 0.2) is 7.98 Å². The van der Waals surface area contributed by atoms with E-state index >= 15 is 0 Å². The Balaban J connectivity index is 3.24. The van der Waals surface area contributed by atoms with Gasteiger partial charge in [-0.2, -0.15) is 0 Å². The van der Waals surface area contributed by atoms with Crippen molar-refractivity contribution in [3.63, 3.8) is 0 Å². The summed E-state index contributed by atoms with van der Waals surface area (Å²) in [5, 5.41) is 2.40. The van der Waals surface area contributed by atoms with E-state index in [1.807, 2.05) is 0 Å². The number of nitrogens with one attached hydrogen (secondary N) is 1. The van der Waals surface area contributed by atoms with E-state index in [0.29, 0.717) is 0 Å². The Morgan fingerprint density at radius 3 is 2.62 bits per heavy atom. The molecule has 44 valence electrons. The fourth-order valence-electron chi connectivity index (χ4n) is 0.361. The molecular weight excluding hydrogens is 103 g/mol. The average Bonchev–Trinajstić information content (AvgIpc) is 1.65. The van der Waals surface area contributed by atoms with Gasteiger partial charge in [0.25, 0.3) is 0 Å². The Morgan fingerprint density at radius 2 is 2.50 bits per heavy atom. The molecule has 0 aliphatic heterocycles. The Bertz CT molecular complexity index is 86.1. The molecule has 0 aromatic heterocycles. The summed E-state index contributed by atoms with van der Waals surface area (Å²) in [6.07, 6.45) is 0.288. The SMILES string of the molecule is [B]NC(C)CC(N)=O. The molecule has 0 aliphatic carbocycles. The molecule has 0 aromatic carbocycles. The molecule has 0 aliphatic rings. The van der Waals surface area contributed by atoms with Crippen LogP contribution in [0.15, 0.2) is 0 Å². The van der Waals surface area contributed by atoms with Gasteiger partial charge >= 0.3 is 0 Å². The van der Waals surface area contributed by atoms with Crippen LogP contribution in [0.2, 0.25) is 0 Å². The molecule has 1 amide bonds. The van der Waals surface area contributed by atoms with Gasteiger partial charge in [0.2, 0.25) is 5.91 Å². The molecule has 0 aromatic rings. The molecular formula is C4H9BN2O. The molecule has 0 saturated heterocycles. The lowest BCUT2D eigenvalue weighted by Gasteiger charge is -2.04. The molecule has 2 radical (unpaired) electrons. The molecule has 0 rings (SSSR count). The zero-order valence-corrected chi connectivity index (χ0v) is 4.85. The highest BCUT2D eigenvalue weighted by atomic mass is 16.1. The lowest BCUT2D eigenvalue weighted by Crippen LogP contribution is -2.28. The summed E-state index contributed by atoms with van der Waals surface area (Å²) < 4.78 is 0. The molecule has 1 atom stereocenters. The molecule has 3 N–H and O–H groups in total. The second-order valence-electron chi connectivity index (χ2n) is 1.74. The predicted octanol–water partition coefficient (Wildman–Crippen LogP) is -1.08. The highest BCUT2D eigenvalue weighted by Crippen LogP contribution is 1.84. The normalized spacial score (nSPS) is 13.1. The van der Waals surface area contributed by atoms with Gasteiger partial charge in [-0.25, -0.2) is 0 Å². The van der Waals surface area contributed by atoms with E-state index in [1.54, 1.807) is 6.92 Å². The highest BCUT2D eigenvalue weighted by molar-refractivity contribution is 6.04. The third kappa shape index (κ3) is 3.68. The Morgan fingerprint density at radius 1 is 2.00 bits per heavy atom. The van der Waals surface area contributed by atoms with Crippen molar-refractivity contribution in [3.8, 4) is 0 Å². The van der Waals surface area contributed by atoms with Crippen LogP contribution in [0.25, 0.3) is 0 Å². The molecule has 4 heteroatoms. The van der Waals surface area contributed by atoms with E-state index < -0.39 is 0 Å². The van der Waals surface area contributed by atoms with Gasteiger partial charge < -0.3 is 11.0 Å². The van der Waals surface area contributed by atoms with Crippen molar-refractivity contribution in [3.05, 3.63) is 0 Å². The maximum absolute atomic E-state index is 10.1. The van der Waals surface area contributed by atoms with Gasteiger partial charge in [0, 0.05) is 12.5 Å². The summed E-state index contributed by atoms with van der Waals surface area (Å²) in [7, 11) is 4.96. The number of carbonyl (C=O) groups is 1. The van der Waals surface area contributed by atoms with Gasteiger partial charge in [-0.1, -0.05) is 6.92 Å². The summed E-state index contributed by atoms with van der Waals surface area (Å²) in [4.78, 5) is 10.1.